The monoisotopic (exact) mass is 347 g/mol. The summed E-state index contributed by atoms with van der Waals surface area (Å²) in [5.74, 6) is 0.0988. The van der Waals surface area contributed by atoms with Crippen LogP contribution in [0.4, 0.5) is 0 Å². The van der Waals surface area contributed by atoms with Crippen molar-refractivity contribution in [2.45, 2.75) is 40.2 Å². The van der Waals surface area contributed by atoms with E-state index in [-0.39, 0.29) is 24.4 Å². The first-order chi connectivity index (χ1) is 10.9. The highest BCUT2D eigenvalue weighted by Crippen LogP contribution is 2.24. The number of halogens is 1. The number of hydrogen-bond donors (Lipinski definition) is 1. The second-order valence-electron chi connectivity index (χ2n) is 6.77. The van der Waals surface area contributed by atoms with Gasteiger partial charge in [0.15, 0.2) is 0 Å². The molecule has 1 aliphatic rings. The molecule has 0 radical (unpaired) electrons. The third-order valence-electron chi connectivity index (χ3n) is 4.64. The van der Waals surface area contributed by atoms with Crippen LogP contribution in [0, 0.1) is 27.7 Å². The predicted molar refractivity (Wildman–Crippen MR) is 100 cm³/mol. The number of likely N-dealkylation sites (tertiary alicyclic amines) is 1. The van der Waals surface area contributed by atoms with Crippen LogP contribution in [0.25, 0.3) is 5.69 Å². The molecule has 1 aliphatic heterocycles. The molecule has 1 atom stereocenters. The fourth-order valence-electron chi connectivity index (χ4n) is 3.60. The van der Waals surface area contributed by atoms with E-state index in [1.807, 2.05) is 17.9 Å². The van der Waals surface area contributed by atoms with Gasteiger partial charge in [-0.15, -0.1) is 12.4 Å². The van der Waals surface area contributed by atoms with Gasteiger partial charge >= 0.3 is 0 Å². The number of aryl methyl sites for hydroxylation is 3. The second kappa shape index (κ2) is 6.99. The van der Waals surface area contributed by atoms with Crippen molar-refractivity contribution in [1.29, 1.82) is 0 Å². The number of amides is 1. The zero-order valence-corrected chi connectivity index (χ0v) is 15.6. The summed E-state index contributed by atoms with van der Waals surface area (Å²) in [5, 5.41) is 0. The molecule has 0 unspecified atom stereocenters. The Balaban J connectivity index is 0.00000208. The summed E-state index contributed by atoms with van der Waals surface area (Å²) in [7, 11) is 0. The van der Waals surface area contributed by atoms with Crippen molar-refractivity contribution in [3.8, 4) is 5.69 Å². The van der Waals surface area contributed by atoms with Crippen LogP contribution in [0.5, 0.6) is 0 Å². The molecular weight excluding hydrogens is 322 g/mol. The zero-order chi connectivity index (χ0) is 16.7. The van der Waals surface area contributed by atoms with Crippen molar-refractivity contribution in [2.24, 2.45) is 5.73 Å². The SMILES string of the molecule is Cc1cc(C)cc(-n2c(C)cc(C(=O)N3CC[C@@H](N)C3)c2C)c1.Cl. The molecule has 1 aromatic carbocycles. The zero-order valence-electron chi connectivity index (χ0n) is 14.8. The summed E-state index contributed by atoms with van der Waals surface area (Å²) in [6.45, 7) is 9.69. The number of carbonyl (C=O) groups is 1. The fourth-order valence-corrected chi connectivity index (χ4v) is 3.60. The van der Waals surface area contributed by atoms with Gasteiger partial charge in [-0.25, -0.2) is 0 Å². The van der Waals surface area contributed by atoms with E-state index < -0.39 is 0 Å². The molecule has 1 saturated heterocycles. The van der Waals surface area contributed by atoms with Gasteiger partial charge in [-0.05, 0) is 63.4 Å². The van der Waals surface area contributed by atoms with Gasteiger partial charge in [-0.1, -0.05) is 6.07 Å². The molecule has 0 saturated carbocycles. The van der Waals surface area contributed by atoms with E-state index in [0.717, 1.165) is 35.6 Å². The van der Waals surface area contributed by atoms with Crippen molar-refractivity contribution in [2.75, 3.05) is 13.1 Å². The molecule has 1 fully saturated rings. The Morgan fingerprint density at radius 2 is 1.71 bits per heavy atom. The van der Waals surface area contributed by atoms with E-state index in [0.29, 0.717) is 6.54 Å². The molecule has 2 heterocycles. The highest BCUT2D eigenvalue weighted by atomic mass is 35.5. The van der Waals surface area contributed by atoms with Crippen LogP contribution in [0.15, 0.2) is 24.3 Å². The Morgan fingerprint density at radius 1 is 1.08 bits per heavy atom. The maximum atomic E-state index is 12.8. The van der Waals surface area contributed by atoms with Gasteiger partial charge in [0, 0.05) is 36.2 Å². The lowest BCUT2D eigenvalue weighted by atomic mass is 10.1. The fraction of sp³-hybridized carbons (Fsp3) is 0.421. The standard InChI is InChI=1S/C19H25N3O.ClH/c1-12-7-13(2)9-17(8-12)22-14(3)10-18(15(22)4)19(23)21-6-5-16(20)11-21;/h7-10,16H,5-6,11,20H2,1-4H3;1H/t16-;/m1./s1. The lowest BCUT2D eigenvalue weighted by Gasteiger charge is -2.16. The number of nitrogens with zero attached hydrogens (tertiary/aromatic N) is 2. The van der Waals surface area contributed by atoms with E-state index in [1.165, 1.54) is 11.1 Å². The predicted octanol–water partition coefficient (Wildman–Crippen LogP) is 3.31. The molecule has 2 N–H and O–H groups in total. The molecule has 5 heteroatoms. The molecule has 0 aliphatic carbocycles. The summed E-state index contributed by atoms with van der Waals surface area (Å²) in [6, 6.07) is 8.59. The number of benzene rings is 1. The average molecular weight is 348 g/mol. The highest BCUT2D eigenvalue weighted by Gasteiger charge is 2.27. The largest absolute Gasteiger partial charge is 0.337 e. The quantitative estimate of drug-likeness (QED) is 0.906. The molecule has 0 bridgehead atoms. The average Bonchev–Trinajstić information content (AvgIpc) is 3.01. The molecule has 24 heavy (non-hydrogen) atoms. The minimum atomic E-state index is 0. The molecule has 0 spiro atoms. The van der Waals surface area contributed by atoms with Gasteiger partial charge in [0.2, 0.25) is 0 Å². The van der Waals surface area contributed by atoms with Gasteiger partial charge in [0.05, 0.1) is 5.56 Å². The number of hydrogen-bond acceptors (Lipinski definition) is 2. The van der Waals surface area contributed by atoms with Crippen molar-refractivity contribution in [1.82, 2.24) is 9.47 Å². The Hall–Kier alpha value is -1.78. The minimum absolute atomic E-state index is 0. The van der Waals surface area contributed by atoms with Gasteiger partial charge < -0.3 is 15.2 Å². The lowest BCUT2D eigenvalue weighted by Crippen LogP contribution is -2.32. The van der Waals surface area contributed by atoms with Crippen molar-refractivity contribution in [3.05, 3.63) is 52.3 Å². The Morgan fingerprint density at radius 3 is 2.25 bits per heavy atom. The van der Waals surface area contributed by atoms with E-state index in [2.05, 4.69) is 43.5 Å². The van der Waals surface area contributed by atoms with Crippen molar-refractivity contribution in [3.63, 3.8) is 0 Å². The van der Waals surface area contributed by atoms with Crippen LogP contribution < -0.4 is 5.73 Å². The van der Waals surface area contributed by atoms with Gasteiger partial charge in [-0.2, -0.15) is 0 Å². The van der Waals surface area contributed by atoms with Crippen LogP contribution >= 0.6 is 12.4 Å². The van der Waals surface area contributed by atoms with E-state index in [9.17, 15) is 4.79 Å². The first kappa shape index (κ1) is 18.6. The summed E-state index contributed by atoms with van der Waals surface area (Å²) in [4.78, 5) is 14.7. The third kappa shape index (κ3) is 3.35. The number of carbonyl (C=O) groups excluding carboxylic acids is 1. The summed E-state index contributed by atoms with van der Waals surface area (Å²) in [5.41, 5.74) is 12.4. The Labute approximate surface area is 150 Å². The summed E-state index contributed by atoms with van der Waals surface area (Å²) in [6.07, 6.45) is 0.890. The first-order valence-corrected chi connectivity index (χ1v) is 8.19. The number of nitrogens with two attached hydrogens (primary N) is 1. The highest BCUT2D eigenvalue weighted by molar-refractivity contribution is 5.96. The molecule has 1 aromatic heterocycles. The molecule has 4 nitrogen and oxygen atoms in total. The smallest absolute Gasteiger partial charge is 0.255 e. The molecule has 130 valence electrons. The van der Waals surface area contributed by atoms with Crippen LogP contribution in [-0.2, 0) is 0 Å². The first-order valence-electron chi connectivity index (χ1n) is 8.19. The second-order valence-corrected chi connectivity index (χ2v) is 6.77. The topological polar surface area (TPSA) is 51.3 Å². The minimum Gasteiger partial charge on any atom is -0.337 e. The maximum absolute atomic E-state index is 12.8. The van der Waals surface area contributed by atoms with Crippen LogP contribution in [0.2, 0.25) is 0 Å². The maximum Gasteiger partial charge on any atom is 0.255 e. The van der Waals surface area contributed by atoms with E-state index in [1.54, 1.807) is 0 Å². The third-order valence-corrected chi connectivity index (χ3v) is 4.64. The van der Waals surface area contributed by atoms with Gasteiger partial charge in [-0.3, -0.25) is 4.79 Å². The van der Waals surface area contributed by atoms with E-state index >= 15 is 0 Å². The summed E-state index contributed by atoms with van der Waals surface area (Å²) < 4.78 is 2.17. The van der Waals surface area contributed by atoms with Gasteiger partial charge in [0.1, 0.15) is 0 Å². The van der Waals surface area contributed by atoms with Crippen molar-refractivity contribution < 1.29 is 4.79 Å². The molecule has 1 amide bonds. The van der Waals surface area contributed by atoms with Crippen molar-refractivity contribution >= 4 is 18.3 Å². The molecule has 3 rings (SSSR count). The van der Waals surface area contributed by atoms with Gasteiger partial charge in [0.25, 0.3) is 5.91 Å². The Kier molecular flexibility index (Phi) is 5.41. The number of aromatic nitrogens is 1. The number of rotatable bonds is 2. The molecule has 2 aromatic rings. The summed E-state index contributed by atoms with van der Waals surface area (Å²) >= 11 is 0. The van der Waals surface area contributed by atoms with Crippen LogP contribution in [0.1, 0.15) is 39.3 Å². The van der Waals surface area contributed by atoms with Crippen LogP contribution in [0.3, 0.4) is 0 Å². The lowest BCUT2D eigenvalue weighted by molar-refractivity contribution is 0.0790. The van der Waals surface area contributed by atoms with E-state index in [4.69, 9.17) is 5.73 Å². The molecular formula is C19H26ClN3O. The normalized spacial score (nSPS) is 17.0. The Bertz CT molecular complexity index is 746. The van der Waals surface area contributed by atoms with Crippen LogP contribution in [-0.4, -0.2) is 34.5 Å².